The van der Waals surface area contributed by atoms with Gasteiger partial charge >= 0.3 is 0 Å². The van der Waals surface area contributed by atoms with Crippen LogP contribution in [-0.2, 0) is 0 Å². The van der Waals surface area contributed by atoms with Gasteiger partial charge in [0.2, 0.25) is 0 Å². The van der Waals surface area contributed by atoms with Gasteiger partial charge in [-0.05, 0) is 43.2 Å². The number of hydrogen-bond acceptors (Lipinski definition) is 3. The lowest BCUT2D eigenvalue weighted by atomic mass is 10.1. The highest BCUT2D eigenvalue weighted by atomic mass is 16.2. The van der Waals surface area contributed by atoms with E-state index in [1.807, 2.05) is 6.07 Å². The number of hydrogen-bond donors (Lipinski definition) is 2. The van der Waals surface area contributed by atoms with Gasteiger partial charge in [-0.1, -0.05) is 0 Å². The van der Waals surface area contributed by atoms with Crippen molar-refractivity contribution in [3.63, 3.8) is 0 Å². The number of anilines is 1. The molecule has 1 aromatic heterocycles. The quantitative estimate of drug-likeness (QED) is 0.844. The van der Waals surface area contributed by atoms with Gasteiger partial charge in [-0.2, -0.15) is 5.26 Å². The predicted molar refractivity (Wildman–Crippen MR) is 77.0 cm³/mol. The molecule has 1 aliphatic rings. The second-order valence-corrected chi connectivity index (χ2v) is 5.08. The molecule has 5 nitrogen and oxygen atoms in total. The summed E-state index contributed by atoms with van der Waals surface area (Å²) in [4.78, 5) is 26.8. The Bertz CT molecular complexity index is 734. The maximum Gasteiger partial charge on any atom is 0.272 e. The number of aromatic amines is 1. The summed E-state index contributed by atoms with van der Waals surface area (Å²) in [7, 11) is 0. The van der Waals surface area contributed by atoms with Crippen LogP contribution in [0.15, 0.2) is 36.5 Å². The largest absolute Gasteiger partial charge is 0.356 e. The molecule has 1 fully saturated rings. The Balaban J connectivity index is 1.70. The zero-order valence-corrected chi connectivity index (χ0v) is 11.2. The van der Waals surface area contributed by atoms with Crippen LogP contribution < -0.4 is 5.32 Å². The summed E-state index contributed by atoms with van der Waals surface area (Å²) in [5.74, 6) is -0.0755. The van der Waals surface area contributed by atoms with Crippen LogP contribution in [0.25, 0.3) is 0 Å². The maximum atomic E-state index is 12.1. The molecule has 3 rings (SSSR count). The number of carbonyl (C=O) groups excluding carboxylic acids is 2. The molecule has 104 valence electrons. The van der Waals surface area contributed by atoms with Gasteiger partial charge in [0.1, 0.15) is 5.69 Å². The minimum atomic E-state index is -0.311. The zero-order chi connectivity index (χ0) is 14.8. The number of carbonyl (C=O) groups is 2. The Morgan fingerprint density at radius 3 is 2.57 bits per heavy atom. The zero-order valence-electron chi connectivity index (χ0n) is 11.2. The molecule has 2 aromatic rings. The Morgan fingerprint density at radius 1 is 1.24 bits per heavy atom. The summed E-state index contributed by atoms with van der Waals surface area (Å²) >= 11 is 0. The van der Waals surface area contributed by atoms with Crippen LogP contribution in [0.1, 0.15) is 39.3 Å². The van der Waals surface area contributed by atoms with E-state index in [2.05, 4.69) is 10.3 Å². The molecule has 1 aliphatic carbocycles. The van der Waals surface area contributed by atoms with E-state index < -0.39 is 0 Å². The fraction of sp³-hybridized carbons (Fsp3) is 0.188. The van der Waals surface area contributed by atoms with Crippen LogP contribution in [-0.4, -0.2) is 16.7 Å². The van der Waals surface area contributed by atoms with Gasteiger partial charge < -0.3 is 10.3 Å². The molecule has 0 bridgehead atoms. The van der Waals surface area contributed by atoms with E-state index in [4.69, 9.17) is 5.26 Å². The van der Waals surface area contributed by atoms with E-state index in [9.17, 15) is 9.59 Å². The first-order valence-corrected chi connectivity index (χ1v) is 6.71. The van der Waals surface area contributed by atoms with Crippen LogP contribution in [0.4, 0.5) is 5.69 Å². The van der Waals surface area contributed by atoms with Crippen molar-refractivity contribution in [3.8, 4) is 6.07 Å². The lowest BCUT2D eigenvalue weighted by Crippen LogP contribution is -2.12. The number of nitrogens with one attached hydrogen (secondary N) is 2. The molecule has 0 radical (unpaired) electrons. The Labute approximate surface area is 121 Å². The first-order valence-electron chi connectivity index (χ1n) is 6.71. The first kappa shape index (κ1) is 13.1. The normalized spacial score (nSPS) is 13.5. The fourth-order valence-electron chi connectivity index (χ4n) is 2.08. The van der Waals surface area contributed by atoms with Crippen LogP contribution in [0.5, 0.6) is 0 Å². The number of Topliss-reactive ketones (excluding diaryl/α,β-unsaturated/α-hetero) is 1. The van der Waals surface area contributed by atoms with Crippen molar-refractivity contribution in [2.75, 3.05) is 5.32 Å². The minimum absolute atomic E-state index is 0.101. The van der Waals surface area contributed by atoms with Gasteiger partial charge in [0.15, 0.2) is 5.78 Å². The smallest absolute Gasteiger partial charge is 0.272 e. The van der Waals surface area contributed by atoms with Crippen LogP contribution in [0.2, 0.25) is 0 Å². The summed E-state index contributed by atoms with van der Waals surface area (Å²) in [5, 5.41) is 11.4. The van der Waals surface area contributed by atoms with Crippen molar-refractivity contribution >= 4 is 17.4 Å². The lowest BCUT2D eigenvalue weighted by molar-refractivity contribution is 0.0967. The number of benzene rings is 1. The standard InChI is InChI=1S/C16H13N3O2/c17-8-10-1-5-13(6-2-10)19-16(21)14-7-12(9-18-14)15(20)11-3-4-11/h1-2,5-7,9,11,18H,3-4H2,(H,19,21). The second kappa shape index (κ2) is 5.25. The number of ketones is 1. The summed E-state index contributed by atoms with van der Waals surface area (Å²) < 4.78 is 0. The molecular formula is C16H13N3O2. The van der Waals surface area contributed by atoms with Gasteiger partial charge in [-0.3, -0.25) is 9.59 Å². The number of rotatable bonds is 4. The Morgan fingerprint density at radius 2 is 1.95 bits per heavy atom. The molecule has 0 unspecified atom stereocenters. The molecule has 1 saturated carbocycles. The number of nitrogens with zero attached hydrogens (tertiary/aromatic N) is 1. The van der Waals surface area contributed by atoms with Gasteiger partial charge in [-0.15, -0.1) is 0 Å². The van der Waals surface area contributed by atoms with Crippen LogP contribution in [0.3, 0.4) is 0 Å². The molecule has 1 heterocycles. The second-order valence-electron chi connectivity index (χ2n) is 5.08. The average molecular weight is 279 g/mol. The van der Waals surface area contributed by atoms with Gasteiger partial charge in [0.05, 0.1) is 11.6 Å². The van der Waals surface area contributed by atoms with E-state index >= 15 is 0 Å². The summed E-state index contributed by atoms with van der Waals surface area (Å²) in [6.45, 7) is 0. The van der Waals surface area contributed by atoms with E-state index in [-0.39, 0.29) is 17.6 Å². The molecule has 2 N–H and O–H groups in total. The highest BCUT2D eigenvalue weighted by Crippen LogP contribution is 2.32. The van der Waals surface area contributed by atoms with Crippen molar-refractivity contribution < 1.29 is 9.59 Å². The fourth-order valence-corrected chi connectivity index (χ4v) is 2.08. The third-order valence-corrected chi connectivity index (χ3v) is 3.43. The third-order valence-electron chi connectivity index (χ3n) is 3.43. The van der Waals surface area contributed by atoms with E-state index in [1.165, 1.54) is 0 Å². The lowest BCUT2D eigenvalue weighted by Gasteiger charge is -2.03. The molecule has 1 amide bonds. The monoisotopic (exact) mass is 279 g/mol. The summed E-state index contributed by atoms with van der Waals surface area (Å²) in [6, 6.07) is 10.2. The summed E-state index contributed by atoms with van der Waals surface area (Å²) in [5.41, 5.74) is 2.04. The van der Waals surface area contributed by atoms with Crippen molar-refractivity contribution in [2.24, 2.45) is 5.92 Å². The predicted octanol–water partition coefficient (Wildman–Crippen LogP) is 2.73. The molecule has 0 spiro atoms. The topological polar surface area (TPSA) is 85.8 Å². The number of aromatic nitrogens is 1. The SMILES string of the molecule is N#Cc1ccc(NC(=O)c2cc(C(=O)C3CC3)c[nH]2)cc1. The van der Waals surface area contributed by atoms with E-state index in [1.54, 1.807) is 36.5 Å². The van der Waals surface area contributed by atoms with Crippen molar-refractivity contribution in [1.82, 2.24) is 4.98 Å². The molecular weight excluding hydrogens is 266 g/mol. The molecule has 0 saturated heterocycles. The maximum absolute atomic E-state index is 12.1. The third kappa shape index (κ3) is 2.84. The van der Waals surface area contributed by atoms with Gasteiger partial charge in [0, 0.05) is 23.4 Å². The van der Waals surface area contributed by atoms with Crippen molar-refractivity contribution in [3.05, 3.63) is 53.3 Å². The Hall–Kier alpha value is -2.87. The molecule has 0 atom stereocenters. The highest BCUT2D eigenvalue weighted by Gasteiger charge is 2.31. The van der Waals surface area contributed by atoms with Crippen molar-refractivity contribution in [2.45, 2.75) is 12.8 Å². The minimum Gasteiger partial charge on any atom is -0.356 e. The highest BCUT2D eigenvalue weighted by molar-refractivity contribution is 6.06. The van der Waals surface area contributed by atoms with Crippen molar-refractivity contribution in [1.29, 1.82) is 5.26 Å². The first-order chi connectivity index (χ1) is 10.2. The molecule has 1 aromatic carbocycles. The van der Waals surface area contributed by atoms with E-state index in [0.29, 0.717) is 22.5 Å². The number of nitriles is 1. The van der Waals surface area contributed by atoms with Crippen LogP contribution >= 0.6 is 0 Å². The van der Waals surface area contributed by atoms with Gasteiger partial charge in [-0.25, -0.2) is 0 Å². The van der Waals surface area contributed by atoms with Gasteiger partial charge in [0.25, 0.3) is 5.91 Å². The Kier molecular flexibility index (Phi) is 3.28. The summed E-state index contributed by atoms with van der Waals surface area (Å²) in [6.07, 6.45) is 3.46. The van der Waals surface area contributed by atoms with E-state index in [0.717, 1.165) is 12.8 Å². The van der Waals surface area contributed by atoms with Crippen LogP contribution in [0, 0.1) is 17.2 Å². The molecule has 0 aliphatic heterocycles. The molecule has 5 heteroatoms. The molecule has 21 heavy (non-hydrogen) atoms. The number of H-pyrrole nitrogens is 1. The average Bonchev–Trinajstić information content (AvgIpc) is 3.24. The number of amides is 1.